The highest BCUT2D eigenvalue weighted by molar-refractivity contribution is 6.34. The van der Waals surface area contributed by atoms with Crippen LogP contribution in [0.25, 0.3) is 11.1 Å². The molecule has 2 heteroatoms. The molecule has 0 atom stereocenters. The van der Waals surface area contributed by atoms with E-state index in [1.165, 1.54) is 12.5 Å². The van der Waals surface area contributed by atoms with Gasteiger partial charge in [-0.15, -0.1) is 0 Å². The van der Waals surface area contributed by atoms with Crippen LogP contribution in [0.3, 0.4) is 0 Å². The molecule has 0 radical (unpaired) electrons. The molecule has 0 aromatic heterocycles. The minimum atomic E-state index is -0.00778. The fraction of sp³-hybridized carbons (Fsp3) is 0.316. The monoisotopic (exact) mass is 300 g/mol. The van der Waals surface area contributed by atoms with Gasteiger partial charge in [-0.3, -0.25) is 4.79 Å². The predicted octanol–water partition coefficient (Wildman–Crippen LogP) is 5.90. The molecule has 110 valence electrons. The van der Waals surface area contributed by atoms with E-state index in [9.17, 15) is 4.79 Å². The van der Waals surface area contributed by atoms with Crippen LogP contribution < -0.4 is 0 Å². The fourth-order valence-electron chi connectivity index (χ4n) is 2.30. The average Bonchev–Trinajstić information content (AvgIpc) is 2.47. The van der Waals surface area contributed by atoms with E-state index < -0.39 is 0 Å². The molecule has 0 heterocycles. The van der Waals surface area contributed by atoms with Crippen molar-refractivity contribution < 1.29 is 4.79 Å². The molecule has 21 heavy (non-hydrogen) atoms. The van der Waals surface area contributed by atoms with Crippen molar-refractivity contribution in [2.75, 3.05) is 0 Å². The molecule has 0 aliphatic heterocycles. The topological polar surface area (TPSA) is 17.1 Å². The normalized spacial score (nSPS) is 11.5. The van der Waals surface area contributed by atoms with Crippen molar-refractivity contribution in [2.45, 2.75) is 39.5 Å². The van der Waals surface area contributed by atoms with E-state index in [4.69, 9.17) is 11.6 Å². The van der Waals surface area contributed by atoms with Crippen LogP contribution in [-0.2, 0) is 5.41 Å². The van der Waals surface area contributed by atoms with Gasteiger partial charge >= 0.3 is 0 Å². The van der Waals surface area contributed by atoms with Gasteiger partial charge in [0.25, 0.3) is 0 Å². The Bertz CT molecular complexity index is 654. The van der Waals surface area contributed by atoms with E-state index >= 15 is 0 Å². The van der Waals surface area contributed by atoms with Gasteiger partial charge in [0.2, 0.25) is 0 Å². The number of carbonyl (C=O) groups is 1. The second kappa shape index (κ2) is 6.03. The van der Waals surface area contributed by atoms with Gasteiger partial charge in [0.05, 0.1) is 5.02 Å². The van der Waals surface area contributed by atoms with E-state index in [0.717, 1.165) is 17.5 Å². The van der Waals surface area contributed by atoms with Crippen molar-refractivity contribution in [3.8, 4) is 11.1 Å². The number of halogens is 1. The minimum Gasteiger partial charge on any atom is -0.294 e. The molecule has 2 aromatic carbocycles. The third kappa shape index (κ3) is 3.36. The van der Waals surface area contributed by atoms with Crippen molar-refractivity contribution in [1.82, 2.24) is 0 Å². The molecule has 1 nitrogen and oxygen atoms in total. The lowest BCUT2D eigenvalue weighted by Gasteiger charge is -2.23. The zero-order chi connectivity index (χ0) is 15.6. The number of benzene rings is 2. The fourth-order valence-corrected chi connectivity index (χ4v) is 2.61. The summed E-state index contributed by atoms with van der Waals surface area (Å²) in [4.78, 5) is 11.4. The van der Waals surface area contributed by atoms with E-state index in [1.54, 1.807) is 6.07 Å². The van der Waals surface area contributed by atoms with Crippen LogP contribution in [0.5, 0.6) is 0 Å². The molecule has 0 bridgehead atoms. The number of carbonyl (C=O) groups excluding carboxylic acids is 1. The van der Waals surface area contributed by atoms with Gasteiger partial charge in [-0.1, -0.05) is 62.7 Å². The lowest BCUT2D eigenvalue weighted by Crippen LogP contribution is -2.14. The van der Waals surface area contributed by atoms with Gasteiger partial charge in [-0.2, -0.15) is 0 Å². The molecular formula is C19H21ClO. The molecule has 0 N–H and O–H groups in total. The summed E-state index contributed by atoms with van der Waals surface area (Å²) in [6, 6.07) is 14.2. The highest BCUT2D eigenvalue weighted by Crippen LogP contribution is 2.30. The van der Waals surface area contributed by atoms with Crippen LogP contribution in [0.4, 0.5) is 0 Å². The zero-order valence-electron chi connectivity index (χ0n) is 13.0. The molecule has 0 fully saturated rings. The van der Waals surface area contributed by atoms with Gasteiger partial charge in [0, 0.05) is 5.56 Å². The molecule has 0 amide bonds. The smallest absolute Gasteiger partial charge is 0.161 e. The summed E-state index contributed by atoms with van der Waals surface area (Å²) in [6.07, 6.45) is 1.10. The summed E-state index contributed by atoms with van der Waals surface area (Å²) in [7, 11) is 0. The lowest BCUT2D eigenvalue weighted by atomic mass is 9.82. The summed E-state index contributed by atoms with van der Waals surface area (Å²) in [5.41, 5.74) is 4.24. The Morgan fingerprint density at radius 2 is 1.62 bits per heavy atom. The summed E-state index contributed by atoms with van der Waals surface area (Å²) in [5, 5.41) is 0.512. The maximum atomic E-state index is 11.4. The van der Waals surface area contributed by atoms with Gasteiger partial charge in [0.15, 0.2) is 5.78 Å². The van der Waals surface area contributed by atoms with E-state index in [1.807, 2.05) is 12.1 Å². The Morgan fingerprint density at radius 1 is 1.05 bits per heavy atom. The van der Waals surface area contributed by atoms with Crippen LogP contribution in [0.2, 0.25) is 5.02 Å². The molecule has 0 spiro atoms. The Labute approximate surface area is 132 Å². The van der Waals surface area contributed by atoms with Crippen LogP contribution in [0.15, 0.2) is 42.5 Å². The van der Waals surface area contributed by atoms with Crippen LogP contribution in [-0.4, -0.2) is 5.78 Å². The van der Waals surface area contributed by atoms with Crippen molar-refractivity contribution in [1.29, 1.82) is 0 Å². The Balaban J connectivity index is 2.35. The minimum absolute atomic E-state index is 0.00778. The van der Waals surface area contributed by atoms with E-state index in [0.29, 0.717) is 10.6 Å². The summed E-state index contributed by atoms with van der Waals surface area (Å²) < 4.78 is 0. The van der Waals surface area contributed by atoms with Crippen molar-refractivity contribution in [3.05, 3.63) is 58.6 Å². The second-order valence-corrected chi connectivity index (χ2v) is 6.47. The first-order chi connectivity index (χ1) is 9.85. The average molecular weight is 301 g/mol. The van der Waals surface area contributed by atoms with E-state index in [-0.39, 0.29) is 11.2 Å². The van der Waals surface area contributed by atoms with E-state index in [2.05, 4.69) is 45.0 Å². The van der Waals surface area contributed by atoms with Gasteiger partial charge in [0.1, 0.15) is 0 Å². The summed E-state index contributed by atoms with van der Waals surface area (Å²) in [5.74, 6) is -0.00778. The number of hydrogen-bond donors (Lipinski definition) is 0. The molecule has 0 saturated heterocycles. The van der Waals surface area contributed by atoms with Gasteiger partial charge in [-0.25, -0.2) is 0 Å². The highest BCUT2D eigenvalue weighted by Gasteiger charge is 2.17. The van der Waals surface area contributed by atoms with Crippen LogP contribution >= 0.6 is 11.6 Å². The first-order valence-corrected chi connectivity index (χ1v) is 7.64. The maximum absolute atomic E-state index is 11.4. The summed E-state index contributed by atoms with van der Waals surface area (Å²) in [6.45, 7) is 8.23. The predicted molar refractivity (Wildman–Crippen MR) is 90.2 cm³/mol. The maximum Gasteiger partial charge on any atom is 0.161 e. The van der Waals surface area contributed by atoms with Gasteiger partial charge in [-0.05, 0) is 47.6 Å². The van der Waals surface area contributed by atoms with Crippen molar-refractivity contribution in [2.24, 2.45) is 0 Å². The Morgan fingerprint density at radius 3 is 2.10 bits per heavy atom. The first-order valence-electron chi connectivity index (χ1n) is 7.26. The standard InChI is InChI=1S/C19H21ClO/c1-5-19(3,4)16-9-6-14(7-10-16)15-8-11-17(13(2)21)18(20)12-15/h6-12H,5H2,1-4H3. The number of ketones is 1. The number of rotatable bonds is 4. The number of hydrogen-bond acceptors (Lipinski definition) is 1. The Hall–Kier alpha value is -1.60. The quantitative estimate of drug-likeness (QED) is 0.643. The first kappa shape index (κ1) is 15.8. The lowest BCUT2D eigenvalue weighted by molar-refractivity contribution is 0.101. The second-order valence-electron chi connectivity index (χ2n) is 6.07. The molecule has 0 aliphatic rings. The third-order valence-corrected chi connectivity index (χ3v) is 4.54. The molecule has 0 unspecified atom stereocenters. The zero-order valence-corrected chi connectivity index (χ0v) is 13.8. The third-order valence-electron chi connectivity index (χ3n) is 4.23. The largest absolute Gasteiger partial charge is 0.294 e. The van der Waals surface area contributed by atoms with Crippen LogP contribution in [0, 0.1) is 0 Å². The SMILES string of the molecule is CCC(C)(C)c1ccc(-c2ccc(C(C)=O)c(Cl)c2)cc1. The molecule has 0 aliphatic carbocycles. The van der Waals surface area contributed by atoms with Crippen molar-refractivity contribution >= 4 is 17.4 Å². The number of Topliss-reactive ketones (excluding diaryl/α,β-unsaturated/α-hetero) is 1. The summed E-state index contributed by atoms with van der Waals surface area (Å²) >= 11 is 6.18. The molecular weight excluding hydrogens is 280 g/mol. The molecule has 2 rings (SSSR count). The highest BCUT2D eigenvalue weighted by atomic mass is 35.5. The molecule has 0 saturated carbocycles. The Kier molecular flexibility index (Phi) is 4.53. The molecule has 2 aromatic rings. The van der Waals surface area contributed by atoms with Crippen LogP contribution in [0.1, 0.15) is 50.0 Å². The van der Waals surface area contributed by atoms with Gasteiger partial charge < -0.3 is 0 Å². The van der Waals surface area contributed by atoms with Crippen molar-refractivity contribution in [3.63, 3.8) is 0 Å².